The first kappa shape index (κ1) is 13.6. The van der Waals surface area contributed by atoms with Crippen LogP contribution in [0.5, 0.6) is 0 Å². The molecule has 0 aromatic heterocycles. The first-order chi connectivity index (χ1) is 8.48. The number of hydrogen-bond donors (Lipinski definition) is 1. The van der Waals surface area contributed by atoms with E-state index in [0.29, 0.717) is 5.92 Å². The number of aliphatic hydroxyl groups is 1. The van der Waals surface area contributed by atoms with Crippen LogP contribution in [-0.4, -0.2) is 11.2 Å². The summed E-state index contributed by atoms with van der Waals surface area (Å²) in [6.45, 7) is 6.48. The summed E-state index contributed by atoms with van der Waals surface area (Å²) in [5.41, 5.74) is 3.33. The average molecular weight is 246 g/mol. The Bertz CT molecular complexity index is 392. The largest absolute Gasteiger partial charge is 0.393 e. The van der Waals surface area contributed by atoms with Crippen molar-refractivity contribution < 1.29 is 5.11 Å². The van der Waals surface area contributed by atoms with Crippen LogP contribution in [0.1, 0.15) is 63.5 Å². The van der Waals surface area contributed by atoms with Crippen molar-refractivity contribution in [3.63, 3.8) is 0 Å². The number of fused-ring (bicyclic) bond motifs is 1. The molecule has 0 radical (unpaired) electrons. The highest BCUT2D eigenvalue weighted by Crippen LogP contribution is 2.41. The van der Waals surface area contributed by atoms with Crippen LogP contribution in [0.3, 0.4) is 0 Å². The van der Waals surface area contributed by atoms with Gasteiger partial charge in [0.2, 0.25) is 0 Å². The summed E-state index contributed by atoms with van der Waals surface area (Å²) in [5.74, 6) is 0.684. The molecule has 0 heterocycles. The number of aliphatic hydroxyl groups excluding tert-OH is 1. The summed E-state index contributed by atoms with van der Waals surface area (Å²) in [6, 6.07) is 8.90. The fraction of sp³-hybridized carbons (Fsp3) is 0.647. The van der Waals surface area contributed by atoms with Crippen LogP contribution < -0.4 is 0 Å². The topological polar surface area (TPSA) is 20.2 Å². The third kappa shape index (κ3) is 3.35. The van der Waals surface area contributed by atoms with Gasteiger partial charge in [-0.15, -0.1) is 0 Å². The fourth-order valence-electron chi connectivity index (χ4n) is 3.62. The minimum Gasteiger partial charge on any atom is -0.393 e. The zero-order chi connectivity index (χ0) is 13.2. The molecule has 0 saturated carbocycles. The van der Waals surface area contributed by atoms with E-state index in [2.05, 4.69) is 38.1 Å². The van der Waals surface area contributed by atoms with E-state index in [1.165, 1.54) is 25.7 Å². The Balaban J connectivity index is 2.11. The van der Waals surface area contributed by atoms with Gasteiger partial charge in [-0.2, -0.15) is 0 Å². The molecule has 0 spiro atoms. The molecule has 100 valence electrons. The zero-order valence-electron chi connectivity index (χ0n) is 11.9. The highest BCUT2D eigenvalue weighted by atomic mass is 16.3. The van der Waals surface area contributed by atoms with E-state index in [9.17, 15) is 5.11 Å². The second-order valence-corrected chi connectivity index (χ2v) is 6.71. The van der Waals surface area contributed by atoms with E-state index in [1.54, 1.807) is 11.1 Å². The summed E-state index contributed by atoms with van der Waals surface area (Å²) < 4.78 is 0. The monoisotopic (exact) mass is 246 g/mol. The van der Waals surface area contributed by atoms with Crippen molar-refractivity contribution in [3.05, 3.63) is 35.4 Å². The molecule has 2 unspecified atom stereocenters. The number of benzene rings is 1. The van der Waals surface area contributed by atoms with E-state index in [4.69, 9.17) is 0 Å². The minimum atomic E-state index is -0.196. The van der Waals surface area contributed by atoms with Crippen LogP contribution in [0.4, 0.5) is 0 Å². The van der Waals surface area contributed by atoms with E-state index in [1.807, 2.05) is 6.92 Å². The molecule has 1 aliphatic carbocycles. The molecule has 1 aromatic carbocycles. The highest BCUT2D eigenvalue weighted by Gasteiger charge is 2.28. The van der Waals surface area contributed by atoms with Crippen LogP contribution in [-0.2, 0) is 6.42 Å². The molecule has 0 aliphatic heterocycles. The molecular weight excluding hydrogens is 220 g/mol. The molecule has 0 amide bonds. The van der Waals surface area contributed by atoms with Gasteiger partial charge in [0, 0.05) is 0 Å². The third-order valence-corrected chi connectivity index (χ3v) is 4.14. The Labute approximate surface area is 111 Å². The molecule has 1 nitrogen and oxygen atoms in total. The van der Waals surface area contributed by atoms with Gasteiger partial charge in [0.15, 0.2) is 0 Å². The van der Waals surface area contributed by atoms with Crippen LogP contribution in [0.25, 0.3) is 0 Å². The van der Waals surface area contributed by atoms with Crippen molar-refractivity contribution in [1.82, 2.24) is 0 Å². The fourth-order valence-corrected chi connectivity index (χ4v) is 3.62. The van der Waals surface area contributed by atoms with Crippen molar-refractivity contribution in [2.24, 2.45) is 5.41 Å². The van der Waals surface area contributed by atoms with Crippen LogP contribution >= 0.6 is 0 Å². The predicted molar refractivity (Wildman–Crippen MR) is 76.8 cm³/mol. The normalized spacial score (nSPS) is 21.4. The van der Waals surface area contributed by atoms with Crippen molar-refractivity contribution in [2.75, 3.05) is 0 Å². The van der Waals surface area contributed by atoms with Gasteiger partial charge in [0.05, 0.1) is 6.10 Å². The molecule has 1 N–H and O–H groups in total. The summed E-state index contributed by atoms with van der Waals surface area (Å²) >= 11 is 0. The molecule has 1 aromatic rings. The van der Waals surface area contributed by atoms with Gasteiger partial charge < -0.3 is 5.11 Å². The molecule has 0 bridgehead atoms. The molecule has 1 aliphatic rings. The second kappa shape index (κ2) is 5.44. The Morgan fingerprint density at radius 3 is 2.78 bits per heavy atom. The molecule has 2 atom stereocenters. The smallest absolute Gasteiger partial charge is 0.0517 e. The lowest BCUT2D eigenvalue weighted by atomic mass is 9.72. The Morgan fingerprint density at radius 2 is 2.06 bits per heavy atom. The quantitative estimate of drug-likeness (QED) is 0.840. The standard InChI is InChI=1S/C17H26O/c1-13(18)11-17(2,3)12-15-9-6-8-14-7-4-5-10-16(14)15/h4-5,7,10,13,15,18H,6,8-9,11-12H2,1-3H3. The Kier molecular flexibility index (Phi) is 4.11. The molecule has 0 saturated heterocycles. The molecule has 18 heavy (non-hydrogen) atoms. The maximum atomic E-state index is 9.61. The Morgan fingerprint density at radius 1 is 1.33 bits per heavy atom. The first-order valence-electron chi connectivity index (χ1n) is 7.24. The van der Waals surface area contributed by atoms with Crippen LogP contribution in [0.15, 0.2) is 24.3 Å². The highest BCUT2D eigenvalue weighted by molar-refractivity contribution is 5.32. The third-order valence-electron chi connectivity index (χ3n) is 4.14. The van der Waals surface area contributed by atoms with Crippen LogP contribution in [0.2, 0.25) is 0 Å². The van der Waals surface area contributed by atoms with Gasteiger partial charge in [-0.1, -0.05) is 38.1 Å². The van der Waals surface area contributed by atoms with Gasteiger partial charge in [-0.25, -0.2) is 0 Å². The van der Waals surface area contributed by atoms with Gasteiger partial charge in [0.1, 0.15) is 0 Å². The van der Waals surface area contributed by atoms with Gasteiger partial charge in [0.25, 0.3) is 0 Å². The summed E-state index contributed by atoms with van der Waals surface area (Å²) in [6.07, 6.45) is 5.75. The molecular formula is C17H26O. The van der Waals surface area contributed by atoms with Gasteiger partial charge >= 0.3 is 0 Å². The van der Waals surface area contributed by atoms with E-state index < -0.39 is 0 Å². The van der Waals surface area contributed by atoms with E-state index >= 15 is 0 Å². The lowest BCUT2D eigenvalue weighted by Gasteiger charge is -2.34. The second-order valence-electron chi connectivity index (χ2n) is 6.71. The maximum absolute atomic E-state index is 9.61. The number of hydrogen-bond acceptors (Lipinski definition) is 1. The molecule has 0 fully saturated rings. The van der Waals surface area contributed by atoms with Gasteiger partial charge in [-0.3, -0.25) is 0 Å². The van der Waals surface area contributed by atoms with E-state index in [-0.39, 0.29) is 11.5 Å². The average Bonchev–Trinajstić information content (AvgIpc) is 2.27. The Hall–Kier alpha value is -0.820. The molecule has 2 rings (SSSR count). The maximum Gasteiger partial charge on any atom is 0.0517 e. The van der Waals surface area contributed by atoms with Crippen molar-refractivity contribution in [3.8, 4) is 0 Å². The minimum absolute atomic E-state index is 0.196. The molecule has 1 heteroatoms. The number of aryl methyl sites for hydroxylation is 1. The lowest BCUT2D eigenvalue weighted by molar-refractivity contribution is 0.118. The SMILES string of the molecule is CC(O)CC(C)(C)CC1CCCc2ccccc21. The summed E-state index contributed by atoms with van der Waals surface area (Å²) in [7, 11) is 0. The summed E-state index contributed by atoms with van der Waals surface area (Å²) in [5, 5.41) is 9.61. The van der Waals surface area contributed by atoms with Crippen molar-refractivity contribution >= 4 is 0 Å². The first-order valence-corrected chi connectivity index (χ1v) is 7.24. The van der Waals surface area contributed by atoms with Crippen molar-refractivity contribution in [2.45, 2.75) is 64.9 Å². The number of rotatable bonds is 4. The zero-order valence-corrected chi connectivity index (χ0v) is 11.9. The summed E-state index contributed by atoms with van der Waals surface area (Å²) in [4.78, 5) is 0. The lowest BCUT2D eigenvalue weighted by Crippen LogP contribution is -2.23. The van der Waals surface area contributed by atoms with E-state index in [0.717, 1.165) is 6.42 Å². The van der Waals surface area contributed by atoms with Crippen LogP contribution in [0, 0.1) is 5.41 Å². The van der Waals surface area contributed by atoms with Gasteiger partial charge in [-0.05, 0) is 61.5 Å². The predicted octanol–water partition coefficient (Wildman–Crippen LogP) is 4.29. The van der Waals surface area contributed by atoms with Crippen molar-refractivity contribution in [1.29, 1.82) is 0 Å².